The minimum absolute atomic E-state index is 0.180. The molecule has 25 heavy (non-hydrogen) atoms. The lowest BCUT2D eigenvalue weighted by Gasteiger charge is -2.05. The van der Waals surface area contributed by atoms with Gasteiger partial charge in [-0.25, -0.2) is 4.98 Å². The van der Waals surface area contributed by atoms with E-state index in [9.17, 15) is 9.59 Å². The number of fused-ring (bicyclic) bond motifs is 1. The Hall–Kier alpha value is -3.46. The molecule has 0 saturated heterocycles. The third-order valence-electron chi connectivity index (χ3n) is 3.67. The molecule has 1 aromatic heterocycles. The third kappa shape index (κ3) is 4.09. The molecule has 6 heteroatoms. The van der Waals surface area contributed by atoms with Crippen molar-refractivity contribution >= 4 is 16.9 Å². The Morgan fingerprint density at radius 2 is 1.92 bits per heavy atom. The number of aryl methyl sites for hydroxylation is 1. The molecule has 0 saturated carbocycles. The molecular formula is C19H15N3O3. The number of hydrogen-bond acceptors (Lipinski definition) is 5. The molecule has 0 fully saturated rings. The van der Waals surface area contributed by atoms with Crippen LogP contribution >= 0.6 is 0 Å². The van der Waals surface area contributed by atoms with Crippen molar-refractivity contribution in [2.45, 2.75) is 19.3 Å². The zero-order valence-electron chi connectivity index (χ0n) is 13.4. The topological polar surface area (TPSA) is 95.8 Å². The summed E-state index contributed by atoms with van der Waals surface area (Å²) in [4.78, 5) is 31.0. The minimum Gasteiger partial charge on any atom is -0.427 e. The van der Waals surface area contributed by atoms with Crippen molar-refractivity contribution < 1.29 is 9.53 Å². The van der Waals surface area contributed by atoms with Crippen LogP contribution < -0.4 is 10.3 Å². The Labute approximate surface area is 143 Å². The van der Waals surface area contributed by atoms with E-state index in [4.69, 9.17) is 10.00 Å². The zero-order chi connectivity index (χ0) is 17.6. The van der Waals surface area contributed by atoms with Gasteiger partial charge < -0.3 is 9.72 Å². The summed E-state index contributed by atoms with van der Waals surface area (Å²) >= 11 is 0. The molecule has 0 aliphatic rings. The van der Waals surface area contributed by atoms with Crippen LogP contribution in [0.15, 0.2) is 53.3 Å². The summed E-state index contributed by atoms with van der Waals surface area (Å²) in [5.74, 6) is 0.587. The second-order valence-electron chi connectivity index (χ2n) is 5.49. The number of aromatic nitrogens is 2. The monoisotopic (exact) mass is 333 g/mol. The van der Waals surface area contributed by atoms with E-state index in [1.54, 1.807) is 42.5 Å². The average Bonchev–Trinajstić information content (AvgIpc) is 2.62. The normalized spacial score (nSPS) is 10.4. The van der Waals surface area contributed by atoms with Gasteiger partial charge in [0.1, 0.15) is 11.6 Å². The predicted molar refractivity (Wildman–Crippen MR) is 92.1 cm³/mol. The summed E-state index contributed by atoms with van der Waals surface area (Å²) in [6, 6.07) is 15.5. The van der Waals surface area contributed by atoms with Crippen molar-refractivity contribution in [3.05, 3.63) is 70.3 Å². The van der Waals surface area contributed by atoms with Crippen molar-refractivity contribution in [3.63, 3.8) is 0 Å². The maximum atomic E-state index is 12.0. The second-order valence-corrected chi connectivity index (χ2v) is 5.49. The van der Waals surface area contributed by atoms with Gasteiger partial charge in [-0.05, 0) is 42.8 Å². The Kier molecular flexibility index (Phi) is 4.86. The Bertz CT molecular complexity index is 1000. The van der Waals surface area contributed by atoms with Gasteiger partial charge >= 0.3 is 5.97 Å². The van der Waals surface area contributed by atoms with E-state index in [1.165, 1.54) is 0 Å². The fraction of sp³-hybridized carbons (Fsp3) is 0.158. The Morgan fingerprint density at radius 1 is 1.16 bits per heavy atom. The number of carbonyl (C=O) groups excluding carboxylic acids is 1. The molecule has 3 aromatic rings. The molecule has 6 nitrogen and oxygen atoms in total. The third-order valence-corrected chi connectivity index (χ3v) is 3.67. The van der Waals surface area contributed by atoms with Crippen LogP contribution in [0.25, 0.3) is 10.9 Å². The summed E-state index contributed by atoms with van der Waals surface area (Å²) in [6.07, 6.45) is 1.19. The van der Waals surface area contributed by atoms with Gasteiger partial charge in [-0.2, -0.15) is 5.26 Å². The van der Waals surface area contributed by atoms with Crippen molar-refractivity contribution in [1.82, 2.24) is 9.97 Å². The Balaban J connectivity index is 1.56. The number of nitrogens with one attached hydrogen (secondary N) is 1. The standard InChI is InChI=1S/C19H15N3O3/c20-12-13-8-10-14(11-9-13)25-18(23)7-3-6-17-21-16-5-2-1-4-15(16)19(24)22-17/h1-2,4-5,8-11H,3,6-7H2,(H,21,22,24). The maximum absolute atomic E-state index is 12.0. The number of ether oxygens (including phenoxy) is 1. The van der Waals surface area contributed by atoms with Crippen molar-refractivity contribution in [1.29, 1.82) is 5.26 Å². The van der Waals surface area contributed by atoms with Crippen molar-refractivity contribution in [2.75, 3.05) is 0 Å². The number of benzene rings is 2. The van der Waals surface area contributed by atoms with Crippen LogP contribution in [0.3, 0.4) is 0 Å². The van der Waals surface area contributed by atoms with Gasteiger partial charge in [-0.3, -0.25) is 9.59 Å². The van der Waals surface area contributed by atoms with Gasteiger partial charge in [0.2, 0.25) is 0 Å². The van der Waals surface area contributed by atoms with Crippen LogP contribution in [0.4, 0.5) is 0 Å². The number of nitrogens with zero attached hydrogens (tertiary/aromatic N) is 2. The number of esters is 1. The summed E-state index contributed by atoms with van der Waals surface area (Å²) in [7, 11) is 0. The lowest BCUT2D eigenvalue weighted by Crippen LogP contribution is -2.13. The number of hydrogen-bond donors (Lipinski definition) is 1. The first-order chi connectivity index (χ1) is 12.2. The lowest BCUT2D eigenvalue weighted by molar-refractivity contribution is -0.134. The largest absolute Gasteiger partial charge is 0.427 e. The molecule has 0 aliphatic heterocycles. The molecular weight excluding hydrogens is 318 g/mol. The highest BCUT2D eigenvalue weighted by molar-refractivity contribution is 5.77. The molecule has 0 bridgehead atoms. The van der Waals surface area contributed by atoms with E-state index in [0.29, 0.717) is 40.9 Å². The molecule has 0 radical (unpaired) electrons. The van der Waals surface area contributed by atoms with E-state index < -0.39 is 0 Å². The molecule has 124 valence electrons. The number of carbonyl (C=O) groups is 1. The van der Waals surface area contributed by atoms with Crippen LogP contribution in [-0.4, -0.2) is 15.9 Å². The van der Waals surface area contributed by atoms with E-state index in [1.807, 2.05) is 12.1 Å². The fourth-order valence-electron chi connectivity index (χ4n) is 2.43. The summed E-state index contributed by atoms with van der Waals surface area (Å²) < 4.78 is 5.21. The molecule has 3 rings (SSSR count). The smallest absolute Gasteiger partial charge is 0.311 e. The number of para-hydroxylation sites is 1. The van der Waals surface area contributed by atoms with Crippen LogP contribution in [-0.2, 0) is 11.2 Å². The van der Waals surface area contributed by atoms with Crippen molar-refractivity contribution in [2.24, 2.45) is 0 Å². The maximum Gasteiger partial charge on any atom is 0.311 e. The fourth-order valence-corrected chi connectivity index (χ4v) is 2.43. The first-order valence-corrected chi connectivity index (χ1v) is 7.84. The van der Waals surface area contributed by atoms with Crippen LogP contribution in [0.2, 0.25) is 0 Å². The van der Waals surface area contributed by atoms with Gasteiger partial charge in [0, 0.05) is 12.8 Å². The lowest BCUT2D eigenvalue weighted by atomic mass is 10.2. The molecule has 1 heterocycles. The molecule has 2 aromatic carbocycles. The van der Waals surface area contributed by atoms with Crippen LogP contribution in [0.1, 0.15) is 24.2 Å². The highest BCUT2D eigenvalue weighted by Crippen LogP contribution is 2.13. The van der Waals surface area contributed by atoms with Crippen LogP contribution in [0.5, 0.6) is 5.75 Å². The minimum atomic E-state index is -0.368. The number of aromatic amines is 1. The summed E-state index contributed by atoms with van der Waals surface area (Å²) in [5, 5.41) is 9.28. The summed E-state index contributed by atoms with van der Waals surface area (Å²) in [6.45, 7) is 0. The first-order valence-electron chi connectivity index (χ1n) is 7.84. The highest BCUT2D eigenvalue weighted by atomic mass is 16.5. The zero-order valence-corrected chi connectivity index (χ0v) is 13.4. The quantitative estimate of drug-likeness (QED) is 0.572. The van der Waals surface area contributed by atoms with Crippen LogP contribution in [0, 0.1) is 11.3 Å². The number of H-pyrrole nitrogens is 1. The van der Waals surface area contributed by atoms with E-state index in [2.05, 4.69) is 9.97 Å². The van der Waals surface area contributed by atoms with E-state index >= 15 is 0 Å². The molecule has 0 aliphatic carbocycles. The van der Waals surface area contributed by atoms with E-state index in [0.717, 1.165) is 0 Å². The molecule has 0 spiro atoms. The number of nitriles is 1. The highest BCUT2D eigenvalue weighted by Gasteiger charge is 2.07. The van der Waals surface area contributed by atoms with Crippen molar-refractivity contribution in [3.8, 4) is 11.8 Å². The first kappa shape index (κ1) is 16.4. The average molecular weight is 333 g/mol. The van der Waals surface area contributed by atoms with Gasteiger partial charge in [0.05, 0.1) is 22.5 Å². The molecule has 1 N–H and O–H groups in total. The van der Waals surface area contributed by atoms with E-state index in [-0.39, 0.29) is 17.9 Å². The SMILES string of the molecule is N#Cc1ccc(OC(=O)CCCc2nc3ccccc3c(=O)[nH]2)cc1. The Morgan fingerprint density at radius 3 is 2.68 bits per heavy atom. The van der Waals surface area contributed by atoms with Gasteiger partial charge in [-0.1, -0.05) is 12.1 Å². The second kappa shape index (κ2) is 7.41. The molecule has 0 atom stereocenters. The predicted octanol–water partition coefficient (Wildman–Crippen LogP) is 2.72. The van der Waals surface area contributed by atoms with Gasteiger partial charge in [0.25, 0.3) is 5.56 Å². The van der Waals surface area contributed by atoms with Gasteiger partial charge in [-0.15, -0.1) is 0 Å². The summed E-state index contributed by atoms with van der Waals surface area (Å²) in [5.41, 5.74) is 0.966. The molecule has 0 amide bonds. The number of rotatable bonds is 5. The molecule has 0 unspecified atom stereocenters. The van der Waals surface area contributed by atoms with Gasteiger partial charge in [0.15, 0.2) is 0 Å².